The number of hydrogen-bond donors (Lipinski definition) is 2. The molecule has 10 heteroatoms. The minimum absolute atomic E-state index is 0.116. The number of aliphatic hydroxyl groups is 2. The summed E-state index contributed by atoms with van der Waals surface area (Å²) in [7, 11) is 1.87. The number of benzene rings is 2. The molecule has 0 spiro atoms. The van der Waals surface area contributed by atoms with Crippen LogP contribution in [-0.2, 0) is 25.2 Å². The number of aromatic nitrogens is 3. The van der Waals surface area contributed by atoms with Gasteiger partial charge < -0.3 is 19.7 Å². The molecule has 1 fully saturated rings. The Morgan fingerprint density at radius 2 is 1.97 bits per heavy atom. The number of fused-ring (bicyclic) bond motifs is 1. The Bertz CT molecular complexity index is 1270. The first kappa shape index (κ1) is 22.5. The van der Waals surface area contributed by atoms with Crippen LogP contribution < -0.4 is 4.90 Å². The first-order valence-electron chi connectivity index (χ1n) is 11.0. The van der Waals surface area contributed by atoms with Crippen LogP contribution in [0, 0.1) is 0 Å². The summed E-state index contributed by atoms with van der Waals surface area (Å²) in [6, 6.07) is 9.33. The molecule has 0 unspecified atom stereocenters. The summed E-state index contributed by atoms with van der Waals surface area (Å²) < 4.78 is 43.3. The van der Waals surface area contributed by atoms with Crippen LogP contribution in [0.5, 0.6) is 0 Å². The molecular formula is C24H23F3N4O3. The van der Waals surface area contributed by atoms with Crippen molar-refractivity contribution in [1.82, 2.24) is 14.8 Å². The third-order valence-electron chi connectivity index (χ3n) is 6.98. The molecule has 0 saturated heterocycles. The van der Waals surface area contributed by atoms with Gasteiger partial charge in [-0.05, 0) is 53.8 Å². The van der Waals surface area contributed by atoms with Crippen molar-refractivity contribution in [3.05, 3.63) is 76.4 Å². The van der Waals surface area contributed by atoms with Crippen molar-refractivity contribution in [2.75, 3.05) is 11.5 Å². The van der Waals surface area contributed by atoms with E-state index >= 15 is 0 Å². The second-order valence-corrected chi connectivity index (χ2v) is 8.93. The molecule has 2 aliphatic rings. The van der Waals surface area contributed by atoms with Gasteiger partial charge in [0.1, 0.15) is 18.3 Å². The summed E-state index contributed by atoms with van der Waals surface area (Å²) in [5.41, 5.74) is -0.305. The van der Waals surface area contributed by atoms with Crippen molar-refractivity contribution in [1.29, 1.82) is 0 Å². The van der Waals surface area contributed by atoms with E-state index < -0.39 is 30.4 Å². The van der Waals surface area contributed by atoms with Crippen LogP contribution >= 0.6 is 0 Å². The van der Waals surface area contributed by atoms with E-state index in [2.05, 4.69) is 10.2 Å². The maximum absolute atomic E-state index is 13.8. The number of rotatable bonds is 5. The largest absolute Gasteiger partial charge is 0.416 e. The van der Waals surface area contributed by atoms with Crippen LogP contribution in [0.4, 0.5) is 18.9 Å². The summed E-state index contributed by atoms with van der Waals surface area (Å²) in [5, 5.41) is 27.5. The van der Waals surface area contributed by atoms with Gasteiger partial charge in [0.2, 0.25) is 0 Å². The molecule has 1 saturated carbocycles. The molecule has 1 aliphatic carbocycles. The van der Waals surface area contributed by atoms with Crippen molar-refractivity contribution in [2.45, 2.75) is 43.5 Å². The van der Waals surface area contributed by atoms with Gasteiger partial charge in [-0.25, -0.2) is 0 Å². The number of alkyl halides is 3. The minimum Gasteiger partial charge on any atom is -0.393 e. The average molecular weight is 472 g/mol. The molecule has 1 amide bonds. The quantitative estimate of drug-likeness (QED) is 0.593. The maximum Gasteiger partial charge on any atom is 0.416 e. The second kappa shape index (κ2) is 7.92. The molecule has 178 valence electrons. The topological polar surface area (TPSA) is 91.5 Å². The van der Waals surface area contributed by atoms with Crippen LogP contribution in [0.25, 0.3) is 0 Å². The van der Waals surface area contributed by atoms with E-state index in [1.165, 1.54) is 11.0 Å². The lowest BCUT2D eigenvalue weighted by molar-refractivity contribution is -0.138. The van der Waals surface area contributed by atoms with Gasteiger partial charge in [0.05, 0.1) is 24.1 Å². The van der Waals surface area contributed by atoms with Crippen LogP contribution in [0.1, 0.15) is 63.8 Å². The molecule has 1 aromatic heterocycles. The second-order valence-electron chi connectivity index (χ2n) is 8.93. The first-order chi connectivity index (χ1) is 16.2. The van der Waals surface area contributed by atoms with E-state index in [0.717, 1.165) is 36.7 Å². The fourth-order valence-electron chi connectivity index (χ4n) is 5.05. The highest BCUT2D eigenvalue weighted by Gasteiger charge is 2.45. The van der Waals surface area contributed by atoms with Gasteiger partial charge in [0, 0.05) is 18.3 Å². The summed E-state index contributed by atoms with van der Waals surface area (Å²) in [6.07, 6.45) is -1.86. The van der Waals surface area contributed by atoms with Crippen LogP contribution in [0.2, 0.25) is 0 Å². The Morgan fingerprint density at radius 3 is 2.56 bits per heavy atom. The van der Waals surface area contributed by atoms with Crippen molar-refractivity contribution in [2.24, 2.45) is 7.05 Å². The molecule has 2 heterocycles. The van der Waals surface area contributed by atoms with Crippen LogP contribution in [0.3, 0.4) is 0 Å². The predicted molar refractivity (Wildman–Crippen MR) is 116 cm³/mol. The van der Waals surface area contributed by atoms with Gasteiger partial charge in [-0.15, -0.1) is 10.2 Å². The Balaban J connectivity index is 1.56. The highest BCUT2D eigenvalue weighted by atomic mass is 19.4. The van der Waals surface area contributed by atoms with Gasteiger partial charge in [-0.1, -0.05) is 18.6 Å². The van der Waals surface area contributed by atoms with E-state index in [4.69, 9.17) is 0 Å². The zero-order chi connectivity index (χ0) is 24.3. The standard InChI is InChI=1S/C24H23F3N4O3/c1-30-13-28-29-22(30)23(6-3-7-23)15-4-2-5-16(10-15)31-11-18-17(21(31)34)8-14(20(33)12-32)9-19(18)24(25,26)27/h2,4-5,8-10,13,20,32-33H,3,6-7,11-12H2,1H3/t20-/m0/s1. The SMILES string of the molecule is Cn1cnnc1C1(c2cccc(N3Cc4c(cc([C@@H](O)CO)cc4C(F)(F)F)C3=O)c2)CCC1. The molecule has 2 N–H and O–H groups in total. The molecule has 3 aromatic rings. The molecule has 2 aromatic carbocycles. The molecular weight excluding hydrogens is 449 g/mol. The smallest absolute Gasteiger partial charge is 0.393 e. The number of halogens is 3. The van der Waals surface area contributed by atoms with Gasteiger partial charge >= 0.3 is 6.18 Å². The highest BCUT2D eigenvalue weighted by Crippen LogP contribution is 2.49. The zero-order valence-corrected chi connectivity index (χ0v) is 18.4. The van der Waals surface area contributed by atoms with Crippen molar-refractivity contribution in [3.8, 4) is 0 Å². The molecule has 0 bridgehead atoms. The van der Waals surface area contributed by atoms with Crippen LogP contribution in [-0.4, -0.2) is 37.5 Å². The van der Waals surface area contributed by atoms with Crippen LogP contribution in [0.15, 0.2) is 42.7 Å². The third-order valence-corrected chi connectivity index (χ3v) is 6.98. The third kappa shape index (κ3) is 3.40. The summed E-state index contributed by atoms with van der Waals surface area (Å²) in [4.78, 5) is 14.6. The van der Waals surface area contributed by atoms with Gasteiger partial charge in [-0.3, -0.25) is 4.79 Å². The first-order valence-corrected chi connectivity index (χ1v) is 11.0. The van der Waals surface area contributed by atoms with Gasteiger partial charge in [-0.2, -0.15) is 13.2 Å². The summed E-state index contributed by atoms with van der Waals surface area (Å²) in [5.74, 6) is 0.236. The number of amides is 1. The van der Waals surface area contributed by atoms with E-state index in [1.807, 2.05) is 23.7 Å². The van der Waals surface area contributed by atoms with Crippen molar-refractivity contribution in [3.63, 3.8) is 0 Å². The minimum atomic E-state index is -4.71. The van der Waals surface area contributed by atoms with E-state index in [9.17, 15) is 28.2 Å². The van der Waals surface area contributed by atoms with Gasteiger partial charge in [0.15, 0.2) is 0 Å². The lowest BCUT2D eigenvalue weighted by Gasteiger charge is -2.41. The van der Waals surface area contributed by atoms with E-state index in [1.54, 1.807) is 18.5 Å². The van der Waals surface area contributed by atoms with Crippen molar-refractivity contribution < 1.29 is 28.2 Å². The molecule has 5 rings (SSSR count). The Morgan fingerprint density at radius 1 is 1.21 bits per heavy atom. The Hall–Kier alpha value is -3.24. The zero-order valence-electron chi connectivity index (χ0n) is 18.4. The molecule has 7 nitrogen and oxygen atoms in total. The van der Waals surface area contributed by atoms with E-state index in [-0.39, 0.29) is 28.7 Å². The number of nitrogens with zero attached hydrogens (tertiary/aromatic N) is 4. The fraction of sp³-hybridized carbons (Fsp3) is 0.375. The average Bonchev–Trinajstić information content (AvgIpc) is 3.35. The number of aryl methyl sites for hydroxylation is 1. The summed E-state index contributed by atoms with van der Waals surface area (Å²) >= 11 is 0. The lowest BCUT2D eigenvalue weighted by Crippen LogP contribution is -2.38. The highest BCUT2D eigenvalue weighted by molar-refractivity contribution is 6.10. The number of anilines is 1. The lowest BCUT2D eigenvalue weighted by atomic mass is 9.63. The molecule has 34 heavy (non-hydrogen) atoms. The predicted octanol–water partition coefficient (Wildman–Crippen LogP) is 3.49. The van der Waals surface area contributed by atoms with Crippen molar-refractivity contribution >= 4 is 11.6 Å². The Kier molecular flexibility index (Phi) is 5.25. The maximum atomic E-state index is 13.8. The summed E-state index contributed by atoms with van der Waals surface area (Å²) in [6.45, 7) is -0.987. The molecule has 0 radical (unpaired) electrons. The Labute approximate surface area is 193 Å². The number of aliphatic hydroxyl groups excluding tert-OH is 2. The fourth-order valence-corrected chi connectivity index (χ4v) is 5.05. The molecule has 1 aliphatic heterocycles. The normalized spacial score (nSPS) is 18.1. The number of carbonyl (C=O) groups excluding carboxylic acids is 1. The number of carbonyl (C=O) groups is 1. The van der Waals surface area contributed by atoms with Gasteiger partial charge in [0.25, 0.3) is 5.91 Å². The van der Waals surface area contributed by atoms with E-state index in [0.29, 0.717) is 5.69 Å². The molecule has 1 atom stereocenters. The number of hydrogen-bond acceptors (Lipinski definition) is 5. The monoisotopic (exact) mass is 472 g/mol.